The van der Waals surface area contributed by atoms with Crippen molar-refractivity contribution in [3.63, 3.8) is 0 Å². The van der Waals surface area contributed by atoms with E-state index in [-0.39, 0.29) is 12.0 Å². The molecule has 2 aromatic heterocycles. The number of H-pyrrole nitrogens is 1. The van der Waals surface area contributed by atoms with Crippen LogP contribution in [0, 0.1) is 13.8 Å². The molecular weight excluding hydrogens is 272 g/mol. The number of nitrogens with one attached hydrogen (secondary N) is 1. The summed E-state index contributed by atoms with van der Waals surface area (Å²) < 4.78 is 5.65. The van der Waals surface area contributed by atoms with Gasteiger partial charge in [-0.1, -0.05) is 0 Å². The van der Waals surface area contributed by atoms with Crippen LogP contribution in [0.3, 0.4) is 0 Å². The van der Waals surface area contributed by atoms with Gasteiger partial charge in [0.05, 0.1) is 13.2 Å². The maximum atomic E-state index is 12.5. The molecule has 0 saturated carbocycles. The van der Waals surface area contributed by atoms with E-state index in [1.165, 1.54) is 0 Å². The van der Waals surface area contributed by atoms with Gasteiger partial charge in [-0.3, -0.25) is 9.89 Å². The van der Waals surface area contributed by atoms with E-state index in [9.17, 15) is 4.79 Å². The van der Waals surface area contributed by atoms with Gasteiger partial charge in [-0.15, -0.1) is 0 Å². The average Bonchev–Trinajstić information content (AvgIpc) is 2.93. The first kappa shape index (κ1) is 13.6. The number of amides is 1. The lowest BCUT2D eigenvalue weighted by molar-refractivity contribution is -0.0268. The van der Waals surface area contributed by atoms with Gasteiger partial charge in [0, 0.05) is 12.7 Å². The summed E-state index contributed by atoms with van der Waals surface area (Å²) in [7, 11) is 0. The molecule has 8 heteroatoms. The molecule has 3 rings (SSSR count). The highest BCUT2D eigenvalue weighted by atomic mass is 16.5. The van der Waals surface area contributed by atoms with Gasteiger partial charge in [-0.25, -0.2) is 15.0 Å². The summed E-state index contributed by atoms with van der Waals surface area (Å²) in [6, 6.07) is 1.62. The van der Waals surface area contributed by atoms with Crippen LogP contribution in [0.5, 0.6) is 0 Å². The summed E-state index contributed by atoms with van der Waals surface area (Å²) in [6.07, 6.45) is 1.28. The molecule has 1 saturated heterocycles. The Morgan fingerprint density at radius 3 is 3.00 bits per heavy atom. The topological polar surface area (TPSA) is 96.9 Å². The van der Waals surface area contributed by atoms with E-state index in [2.05, 4.69) is 25.1 Å². The quantitative estimate of drug-likeness (QED) is 0.860. The SMILES string of the molecule is Cc1nccc(C(=O)N2CCOC(c3n[nH]c(C)n3)C2)n1. The van der Waals surface area contributed by atoms with Crippen molar-refractivity contribution in [1.29, 1.82) is 0 Å². The third-order valence-corrected chi connectivity index (χ3v) is 3.25. The molecule has 1 aliphatic rings. The zero-order valence-corrected chi connectivity index (χ0v) is 11.9. The standard InChI is InChI=1S/C13H16N6O2/c1-8-14-4-3-10(15-8)13(20)19-5-6-21-11(7-19)12-16-9(2)17-18-12/h3-4,11H,5-7H2,1-2H3,(H,16,17,18). The summed E-state index contributed by atoms with van der Waals surface area (Å²) >= 11 is 0. The largest absolute Gasteiger partial charge is 0.366 e. The first-order valence-electron chi connectivity index (χ1n) is 6.73. The molecule has 1 aliphatic heterocycles. The normalized spacial score (nSPS) is 18.8. The molecule has 1 amide bonds. The molecule has 0 spiro atoms. The van der Waals surface area contributed by atoms with Crippen LogP contribution in [-0.4, -0.2) is 55.7 Å². The molecule has 1 atom stereocenters. The van der Waals surface area contributed by atoms with Gasteiger partial charge < -0.3 is 9.64 Å². The third kappa shape index (κ3) is 2.89. The van der Waals surface area contributed by atoms with E-state index < -0.39 is 0 Å². The maximum Gasteiger partial charge on any atom is 0.272 e. The minimum Gasteiger partial charge on any atom is -0.366 e. The second-order valence-corrected chi connectivity index (χ2v) is 4.88. The van der Waals surface area contributed by atoms with Crippen molar-refractivity contribution in [1.82, 2.24) is 30.0 Å². The van der Waals surface area contributed by atoms with E-state index in [1.807, 2.05) is 6.92 Å². The zero-order valence-electron chi connectivity index (χ0n) is 11.9. The molecule has 0 aromatic carbocycles. The number of nitrogens with zero attached hydrogens (tertiary/aromatic N) is 5. The van der Waals surface area contributed by atoms with Crippen molar-refractivity contribution in [2.24, 2.45) is 0 Å². The van der Waals surface area contributed by atoms with Gasteiger partial charge in [0.15, 0.2) is 5.82 Å². The van der Waals surface area contributed by atoms with Crippen molar-refractivity contribution in [3.05, 3.63) is 35.4 Å². The Morgan fingerprint density at radius 1 is 1.43 bits per heavy atom. The van der Waals surface area contributed by atoms with Crippen LogP contribution in [0.25, 0.3) is 0 Å². The van der Waals surface area contributed by atoms with Crippen molar-refractivity contribution < 1.29 is 9.53 Å². The summed E-state index contributed by atoms with van der Waals surface area (Å²) in [5, 5.41) is 6.88. The van der Waals surface area contributed by atoms with Crippen LogP contribution >= 0.6 is 0 Å². The number of ether oxygens (including phenoxy) is 1. The Morgan fingerprint density at radius 2 is 2.29 bits per heavy atom. The van der Waals surface area contributed by atoms with Crippen LogP contribution in [0.2, 0.25) is 0 Å². The number of rotatable bonds is 2. The summed E-state index contributed by atoms with van der Waals surface area (Å²) in [5.74, 6) is 1.75. The average molecular weight is 288 g/mol. The lowest BCUT2D eigenvalue weighted by Crippen LogP contribution is -2.42. The van der Waals surface area contributed by atoms with E-state index in [1.54, 1.807) is 24.1 Å². The molecule has 2 aromatic rings. The highest BCUT2D eigenvalue weighted by Crippen LogP contribution is 2.20. The van der Waals surface area contributed by atoms with Crippen LogP contribution in [0.15, 0.2) is 12.3 Å². The Labute approximate surface area is 121 Å². The fourth-order valence-electron chi connectivity index (χ4n) is 2.23. The molecule has 1 N–H and O–H groups in total. The number of morpholine rings is 1. The lowest BCUT2D eigenvalue weighted by atomic mass is 10.2. The minimum absolute atomic E-state index is 0.124. The predicted octanol–water partition coefficient (Wildman–Crippen LogP) is 0.425. The van der Waals surface area contributed by atoms with Crippen LogP contribution in [0.4, 0.5) is 0 Å². The lowest BCUT2D eigenvalue weighted by Gasteiger charge is -2.31. The first-order chi connectivity index (χ1) is 10.1. The van der Waals surface area contributed by atoms with Gasteiger partial charge in [-0.2, -0.15) is 5.10 Å². The van der Waals surface area contributed by atoms with E-state index in [4.69, 9.17) is 4.74 Å². The Balaban J connectivity index is 1.75. The second-order valence-electron chi connectivity index (χ2n) is 4.88. The Bertz CT molecular complexity index is 656. The second kappa shape index (κ2) is 5.57. The molecule has 21 heavy (non-hydrogen) atoms. The van der Waals surface area contributed by atoms with Crippen molar-refractivity contribution in [2.45, 2.75) is 20.0 Å². The molecule has 0 aliphatic carbocycles. The highest BCUT2D eigenvalue weighted by molar-refractivity contribution is 5.92. The third-order valence-electron chi connectivity index (χ3n) is 3.25. The molecule has 1 fully saturated rings. The van der Waals surface area contributed by atoms with Gasteiger partial charge in [-0.05, 0) is 19.9 Å². The molecular formula is C13H16N6O2. The number of carbonyl (C=O) groups is 1. The van der Waals surface area contributed by atoms with Gasteiger partial charge >= 0.3 is 0 Å². The Hall–Kier alpha value is -2.35. The predicted molar refractivity (Wildman–Crippen MR) is 72.5 cm³/mol. The van der Waals surface area contributed by atoms with Crippen molar-refractivity contribution in [3.8, 4) is 0 Å². The molecule has 0 bridgehead atoms. The number of hydrogen-bond acceptors (Lipinski definition) is 6. The van der Waals surface area contributed by atoms with Crippen molar-refractivity contribution in [2.75, 3.05) is 19.7 Å². The van der Waals surface area contributed by atoms with Gasteiger partial charge in [0.1, 0.15) is 23.4 Å². The van der Waals surface area contributed by atoms with Crippen LogP contribution in [-0.2, 0) is 4.74 Å². The van der Waals surface area contributed by atoms with Gasteiger partial charge in [0.25, 0.3) is 5.91 Å². The summed E-state index contributed by atoms with van der Waals surface area (Å²) in [5.41, 5.74) is 0.398. The van der Waals surface area contributed by atoms with E-state index in [0.29, 0.717) is 37.0 Å². The molecule has 1 unspecified atom stereocenters. The van der Waals surface area contributed by atoms with E-state index in [0.717, 1.165) is 5.82 Å². The first-order valence-corrected chi connectivity index (χ1v) is 6.73. The fraction of sp³-hybridized carbons (Fsp3) is 0.462. The smallest absolute Gasteiger partial charge is 0.272 e. The molecule has 3 heterocycles. The Kier molecular flexibility index (Phi) is 3.61. The monoisotopic (exact) mass is 288 g/mol. The minimum atomic E-state index is -0.310. The number of aromatic nitrogens is 5. The number of hydrogen-bond donors (Lipinski definition) is 1. The van der Waals surface area contributed by atoms with E-state index >= 15 is 0 Å². The highest BCUT2D eigenvalue weighted by Gasteiger charge is 2.29. The van der Waals surface area contributed by atoms with Crippen LogP contribution < -0.4 is 0 Å². The molecule has 110 valence electrons. The number of aryl methyl sites for hydroxylation is 2. The maximum absolute atomic E-state index is 12.5. The van der Waals surface area contributed by atoms with Crippen LogP contribution in [0.1, 0.15) is 34.1 Å². The summed E-state index contributed by atoms with van der Waals surface area (Å²) in [4.78, 5) is 26.6. The fourth-order valence-corrected chi connectivity index (χ4v) is 2.23. The molecule has 0 radical (unpaired) electrons. The van der Waals surface area contributed by atoms with Crippen molar-refractivity contribution >= 4 is 5.91 Å². The summed E-state index contributed by atoms with van der Waals surface area (Å²) in [6.45, 7) is 4.98. The zero-order chi connectivity index (χ0) is 14.8. The molecule has 8 nitrogen and oxygen atoms in total. The number of aromatic amines is 1. The number of carbonyl (C=O) groups excluding carboxylic acids is 1. The van der Waals surface area contributed by atoms with Gasteiger partial charge in [0.2, 0.25) is 0 Å².